The number of anilines is 1. The van der Waals surface area contributed by atoms with Crippen molar-refractivity contribution in [2.75, 3.05) is 23.8 Å². The Hall–Kier alpha value is -0.870. The summed E-state index contributed by atoms with van der Waals surface area (Å²) in [4.78, 5) is 0. The molecule has 2 fully saturated rings. The van der Waals surface area contributed by atoms with Gasteiger partial charge in [0, 0.05) is 24.3 Å². The van der Waals surface area contributed by atoms with Gasteiger partial charge in [-0.2, -0.15) is 11.8 Å². The number of ether oxygens (including phenoxy) is 2. The predicted octanol–water partition coefficient (Wildman–Crippen LogP) is 3.32. The lowest BCUT2D eigenvalue weighted by molar-refractivity contribution is -0.0959. The van der Waals surface area contributed by atoms with E-state index in [1.54, 1.807) is 0 Å². The Balaban J connectivity index is 1.73. The maximum atomic E-state index is 6.26. The van der Waals surface area contributed by atoms with Crippen molar-refractivity contribution in [3.63, 3.8) is 0 Å². The van der Waals surface area contributed by atoms with E-state index >= 15 is 0 Å². The van der Waals surface area contributed by atoms with Crippen molar-refractivity contribution in [2.24, 2.45) is 0 Å². The van der Waals surface area contributed by atoms with E-state index in [4.69, 9.17) is 15.2 Å². The Morgan fingerprint density at radius 2 is 2.20 bits per heavy atom. The molecule has 0 aromatic heterocycles. The average Bonchev–Trinajstić information content (AvgIpc) is 2.84. The number of nitrogen functional groups attached to an aromatic ring is 1. The molecular formula is C16H23NO2S. The zero-order valence-corrected chi connectivity index (χ0v) is 13.1. The molecule has 1 spiro atoms. The second-order valence-corrected chi connectivity index (χ2v) is 7.15. The van der Waals surface area contributed by atoms with Crippen LogP contribution in [0.3, 0.4) is 0 Å². The Bertz CT molecular complexity index is 497. The van der Waals surface area contributed by atoms with Gasteiger partial charge in [-0.15, -0.1) is 0 Å². The van der Waals surface area contributed by atoms with Gasteiger partial charge in [-0.05, 0) is 49.3 Å². The fourth-order valence-corrected chi connectivity index (χ4v) is 4.44. The first-order chi connectivity index (χ1) is 9.58. The SMILES string of the molecule is Cc1cc(OC2CCOC3(CCSC3)C2)c(C)cc1N. The second-order valence-electron chi connectivity index (χ2n) is 6.04. The highest BCUT2D eigenvalue weighted by atomic mass is 32.2. The minimum absolute atomic E-state index is 0.0738. The lowest BCUT2D eigenvalue weighted by Gasteiger charge is -2.37. The summed E-state index contributed by atoms with van der Waals surface area (Å²) in [5, 5.41) is 0. The third-order valence-corrected chi connectivity index (χ3v) is 5.60. The summed E-state index contributed by atoms with van der Waals surface area (Å²) < 4.78 is 12.3. The molecule has 2 unspecified atom stereocenters. The molecule has 0 radical (unpaired) electrons. The predicted molar refractivity (Wildman–Crippen MR) is 84.6 cm³/mol. The average molecular weight is 293 g/mol. The van der Waals surface area contributed by atoms with Crippen molar-refractivity contribution in [3.8, 4) is 5.75 Å². The highest BCUT2D eigenvalue weighted by Gasteiger charge is 2.41. The molecule has 0 bridgehead atoms. The smallest absolute Gasteiger partial charge is 0.123 e. The standard InChI is InChI=1S/C16H23NO2S/c1-11-8-15(12(2)7-14(11)17)19-13-3-5-18-16(9-13)4-6-20-10-16/h7-8,13H,3-6,9-10,17H2,1-2H3. The van der Waals surface area contributed by atoms with E-state index in [2.05, 4.69) is 13.0 Å². The summed E-state index contributed by atoms with van der Waals surface area (Å²) in [6, 6.07) is 4.07. The van der Waals surface area contributed by atoms with Crippen LogP contribution in [0, 0.1) is 13.8 Å². The van der Waals surface area contributed by atoms with Gasteiger partial charge in [0.25, 0.3) is 0 Å². The quantitative estimate of drug-likeness (QED) is 0.850. The van der Waals surface area contributed by atoms with Crippen molar-refractivity contribution in [2.45, 2.75) is 44.8 Å². The molecule has 2 aliphatic heterocycles. The number of thioether (sulfide) groups is 1. The number of rotatable bonds is 2. The Labute approximate surface area is 125 Å². The van der Waals surface area contributed by atoms with E-state index in [-0.39, 0.29) is 11.7 Å². The maximum Gasteiger partial charge on any atom is 0.123 e. The van der Waals surface area contributed by atoms with Gasteiger partial charge in [-0.3, -0.25) is 0 Å². The van der Waals surface area contributed by atoms with Crippen molar-refractivity contribution in [1.82, 2.24) is 0 Å². The maximum absolute atomic E-state index is 6.26. The Morgan fingerprint density at radius 1 is 1.35 bits per heavy atom. The fraction of sp³-hybridized carbons (Fsp3) is 0.625. The molecule has 1 aromatic rings. The van der Waals surface area contributed by atoms with Crippen LogP contribution in [-0.2, 0) is 4.74 Å². The van der Waals surface area contributed by atoms with Crippen LogP contribution in [0.15, 0.2) is 12.1 Å². The summed E-state index contributed by atoms with van der Waals surface area (Å²) in [5.74, 6) is 3.31. The first-order valence-electron chi connectivity index (χ1n) is 7.33. The van der Waals surface area contributed by atoms with Crippen LogP contribution in [0.1, 0.15) is 30.4 Å². The molecule has 1 aromatic carbocycles. The molecule has 110 valence electrons. The van der Waals surface area contributed by atoms with Gasteiger partial charge >= 0.3 is 0 Å². The number of benzene rings is 1. The van der Waals surface area contributed by atoms with Gasteiger partial charge in [0.2, 0.25) is 0 Å². The van der Waals surface area contributed by atoms with Crippen LogP contribution in [0.25, 0.3) is 0 Å². The molecule has 3 nitrogen and oxygen atoms in total. The minimum atomic E-state index is 0.0738. The van der Waals surface area contributed by atoms with E-state index < -0.39 is 0 Å². The van der Waals surface area contributed by atoms with Gasteiger partial charge in [0.05, 0.1) is 12.2 Å². The summed E-state index contributed by atoms with van der Waals surface area (Å²) in [5.41, 5.74) is 9.06. The number of hydrogen-bond acceptors (Lipinski definition) is 4. The van der Waals surface area contributed by atoms with E-state index in [9.17, 15) is 0 Å². The third kappa shape index (κ3) is 2.77. The molecule has 2 atom stereocenters. The zero-order chi connectivity index (χ0) is 14.2. The van der Waals surface area contributed by atoms with Crippen molar-refractivity contribution in [1.29, 1.82) is 0 Å². The molecule has 2 N–H and O–H groups in total. The normalized spacial score (nSPS) is 29.8. The van der Waals surface area contributed by atoms with E-state index in [1.807, 2.05) is 24.8 Å². The highest BCUT2D eigenvalue weighted by Crippen LogP contribution is 2.39. The number of aryl methyl sites for hydroxylation is 2. The monoisotopic (exact) mass is 293 g/mol. The number of hydrogen-bond donors (Lipinski definition) is 1. The third-order valence-electron chi connectivity index (χ3n) is 4.37. The molecule has 2 aliphatic rings. The van der Waals surface area contributed by atoms with Gasteiger partial charge in [0.1, 0.15) is 11.9 Å². The van der Waals surface area contributed by atoms with Crippen LogP contribution < -0.4 is 10.5 Å². The van der Waals surface area contributed by atoms with Crippen LogP contribution >= 0.6 is 11.8 Å². The molecule has 2 saturated heterocycles. The largest absolute Gasteiger partial charge is 0.490 e. The first-order valence-corrected chi connectivity index (χ1v) is 8.49. The van der Waals surface area contributed by atoms with Gasteiger partial charge < -0.3 is 15.2 Å². The Kier molecular flexibility index (Phi) is 3.87. The molecule has 0 aliphatic carbocycles. The summed E-state index contributed by atoms with van der Waals surface area (Å²) in [7, 11) is 0. The van der Waals surface area contributed by atoms with Crippen LogP contribution in [0.2, 0.25) is 0 Å². The molecule has 4 heteroatoms. The molecule has 2 heterocycles. The van der Waals surface area contributed by atoms with Crippen LogP contribution in [0.5, 0.6) is 5.75 Å². The summed E-state index contributed by atoms with van der Waals surface area (Å²) in [6.45, 7) is 4.91. The summed E-state index contributed by atoms with van der Waals surface area (Å²) >= 11 is 2.00. The first kappa shape index (κ1) is 14.1. The lowest BCUT2D eigenvalue weighted by atomic mass is 9.91. The van der Waals surface area contributed by atoms with Gasteiger partial charge in [-0.1, -0.05) is 0 Å². The number of nitrogens with two attached hydrogens (primary N) is 1. The summed E-state index contributed by atoms with van der Waals surface area (Å²) in [6.07, 6.45) is 3.43. The van der Waals surface area contributed by atoms with Crippen molar-refractivity contribution >= 4 is 17.4 Å². The topological polar surface area (TPSA) is 44.5 Å². The molecular weight excluding hydrogens is 270 g/mol. The molecule has 3 rings (SSSR count). The second kappa shape index (κ2) is 5.49. The highest BCUT2D eigenvalue weighted by molar-refractivity contribution is 7.99. The van der Waals surface area contributed by atoms with E-state index in [1.165, 1.54) is 5.75 Å². The van der Waals surface area contributed by atoms with Crippen LogP contribution in [-0.4, -0.2) is 29.8 Å². The van der Waals surface area contributed by atoms with E-state index in [0.29, 0.717) is 0 Å². The Morgan fingerprint density at radius 3 is 2.95 bits per heavy atom. The van der Waals surface area contributed by atoms with E-state index in [0.717, 1.165) is 54.2 Å². The van der Waals surface area contributed by atoms with Gasteiger partial charge in [0.15, 0.2) is 0 Å². The zero-order valence-electron chi connectivity index (χ0n) is 12.3. The van der Waals surface area contributed by atoms with Crippen molar-refractivity contribution < 1.29 is 9.47 Å². The minimum Gasteiger partial charge on any atom is -0.490 e. The lowest BCUT2D eigenvalue weighted by Crippen LogP contribution is -2.43. The van der Waals surface area contributed by atoms with Gasteiger partial charge in [-0.25, -0.2) is 0 Å². The van der Waals surface area contributed by atoms with Crippen molar-refractivity contribution in [3.05, 3.63) is 23.3 Å². The molecule has 0 saturated carbocycles. The molecule has 20 heavy (non-hydrogen) atoms. The van der Waals surface area contributed by atoms with Crippen LogP contribution in [0.4, 0.5) is 5.69 Å². The molecule has 0 amide bonds. The fourth-order valence-electron chi connectivity index (χ4n) is 3.07.